The van der Waals surface area contributed by atoms with Crippen molar-refractivity contribution in [2.24, 2.45) is 11.8 Å². The Morgan fingerprint density at radius 1 is 1.04 bits per heavy atom. The monoisotopic (exact) mass is 350 g/mol. The Kier molecular flexibility index (Phi) is 4.62. The van der Waals surface area contributed by atoms with E-state index in [-0.39, 0.29) is 23.3 Å². The Morgan fingerprint density at radius 3 is 2.25 bits per heavy atom. The van der Waals surface area contributed by atoms with Crippen LogP contribution in [0.5, 0.6) is 0 Å². The average molecular weight is 350 g/mol. The first kappa shape index (κ1) is 17.0. The Morgan fingerprint density at radius 2 is 1.71 bits per heavy atom. The van der Waals surface area contributed by atoms with Crippen LogP contribution in [0.15, 0.2) is 24.3 Å². The molecule has 0 saturated heterocycles. The molecule has 3 rings (SSSR count). The predicted molar refractivity (Wildman–Crippen MR) is 91.0 cm³/mol. The minimum atomic E-state index is -3.66. The van der Waals surface area contributed by atoms with Crippen LogP contribution in [0.3, 0.4) is 0 Å². The average Bonchev–Trinajstić information content (AvgIpc) is 3.29. The standard InChI is InChI=1S/C17H22N2O4S/c1-11-3-2-4-15(11)24(22,23)19-17(21)13-7-9-14(10-8-13)18-16(20)12-5-6-12/h7-12,15H,2-6H2,1H3,(H,18,20)(H,19,21). The van der Waals surface area contributed by atoms with E-state index in [4.69, 9.17) is 0 Å². The quantitative estimate of drug-likeness (QED) is 0.852. The molecule has 2 aliphatic carbocycles. The molecule has 1 aromatic rings. The zero-order chi connectivity index (χ0) is 17.3. The van der Waals surface area contributed by atoms with Gasteiger partial charge in [-0.3, -0.25) is 9.59 Å². The predicted octanol–water partition coefficient (Wildman–Crippen LogP) is 2.28. The summed E-state index contributed by atoms with van der Waals surface area (Å²) in [6, 6.07) is 6.26. The normalized spacial score (nSPS) is 23.7. The number of hydrogen-bond donors (Lipinski definition) is 2. The van der Waals surface area contributed by atoms with Crippen molar-refractivity contribution in [1.82, 2.24) is 4.72 Å². The van der Waals surface area contributed by atoms with Gasteiger partial charge in [-0.15, -0.1) is 0 Å². The maximum Gasteiger partial charge on any atom is 0.264 e. The summed E-state index contributed by atoms with van der Waals surface area (Å²) in [6.07, 6.45) is 4.18. The van der Waals surface area contributed by atoms with E-state index in [9.17, 15) is 18.0 Å². The van der Waals surface area contributed by atoms with Crippen molar-refractivity contribution in [2.75, 3.05) is 5.32 Å². The Bertz CT molecular complexity index is 738. The summed E-state index contributed by atoms with van der Waals surface area (Å²) in [5.41, 5.74) is 0.865. The van der Waals surface area contributed by atoms with E-state index >= 15 is 0 Å². The third-order valence-corrected chi connectivity index (χ3v) is 6.75. The number of nitrogens with one attached hydrogen (secondary N) is 2. The largest absolute Gasteiger partial charge is 0.326 e. The number of carbonyl (C=O) groups excluding carboxylic acids is 2. The van der Waals surface area contributed by atoms with Crippen molar-refractivity contribution >= 4 is 27.5 Å². The summed E-state index contributed by atoms with van der Waals surface area (Å²) in [5.74, 6) is -0.471. The van der Waals surface area contributed by atoms with Gasteiger partial charge in [0, 0.05) is 17.2 Å². The SMILES string of the molecule is CC1CCCC1S(=O)(=O)NC(=O)c1ccc(NC(=O)C2CC2)cc1. The molecule has 130 valence electrons. The maximum absolute atomic E-state index is 12.3. The van der Waals surface area contributed by atoms with Gasteiger partial charge >= 0.3 is 0 Å². The van der Waals surface area contributed by atoms with E-state index in [2.05, 4.69) is 10.0 Å². The van der Waals surface area contributed by atoms with E-state index in [1.807, 2.05) is 6.92 Å². The Labute approximate surface area is 142 Å². The molecule has 0 aliphatic heterocycles. The molecule has 6 nitrogen and oxygen atoms in total. The molecule has 0 bridgehead atoms. The first-order valence-electron chi connectivity index (χ1n) is 8.34. The van der Waals surface area contributed by atoms with Gasteiger partial charge in [-0.1, -0.05) is 13.3 Å². The fourth-order valence-electron chi connectivity index (χ4n) is 3.13. The van der Waals surface area contributed by atoms with Gasteiger partial charge in [-0.25, -0.2) is 13.1 Å². The van der Waals surface area contributed by atoms with Crippen LogP contribution in [0.1, 0.15) is 49.4 Å². The molecule has 0 aromatic heterocycles. The van der Waals surface area contributed by atoms with Crippen molar-refractivity contribution in [3.63, 3.8) is 0 Å². The molecule has 2 atom stereocenters. The molecular weight excluding hydrogens is 328 g/mol. The number of anilines is 1. The van der Waals surface area contributed by atoms with Crippen molar-refractivity contribution < 1.29 is 18.0 Å². The molecule has 2 saturated carbocycles. The zero-order valence-corrected chi connectivity index (χ0v) is 14.4. The highest BCUT2D eigenvalue weighted by Crippen LogP contribution is 2.31. The van der Waals surface area contributed by atoms with Crippen molar-refractivity contribution in [3.8, 4) is 0 Å². The lowest BCUT2D eigenvalue weighted by molar-refractivity contribution is -0.117. The van der Waals surface area contributed by atoms with Crippen LogP contribution >= 0.6 is 0 Å². The van der Waals surface area contributed by atoms with Gasteiger partial charge in [0.1, 0.15) is 0 Å². The Balaban J connectivity index is 1.63. The third kappa shape index (κ3) is 3.77. The van der Waals surface area contributed by atoms with Crippen LogP contribution in [-0.4, -0.2) is 25.5 Å². The molecule has 2 amide bonds. The van der Waals surface area contributed by atoms with Crippen LogP contribution in [0, 0.1) is 11.8 Å². The lowest BCUT2D eigenvalue weighted by atomic mass is 10.1. The minimum absolute atomic E-state index is 0.00926. The van der Waals surface area contributed by atoms with Gasteiger partial charge in [-0.2, -0.15) is 0 Å². The van der Waals surface area contributed by atoms with Gasteiger partial charge < -0.3 is 5.32 Å². The molecule has 0 heterocycles. The zero-order valence-electron chi connectivity index (χ0n) is 13.6. The lowest BCUT2D eigenvalue weighted by Gasteiger charge is -2.16. The van der Waals surface area contributed by atoms with E-state index in [0.717, 1.165) is 25.7 Å². The number of hydrogen-bond acceptors (Lipinski definition) is 4. The molecule has 0 radical (unpaired) electrons. The number of carbonyl (C=O) groups is 2. The Hall–Kier alpha value is -1.89. The van der Waals surface area contributed by atoms with Crippen molar-refractivity contribution in [3.05, 3.63) is 29.8 Å². The highest BCUT2D eigenvalue weighted by atomic mass is 32.2. The second-order valence-corrected chi connectivity index (χ2v) is 8.66. The maximum atomic E-state index is 12.3. The summed E-state index contributed by atoms with van der Waals surface area (Å²) < 4.78 is 26.8. The molecular formula is C17H22N2O4S. The van der Waals surface area contributed by atoms with Gasteiger partial charge in [0.2, 0.25) is 15.9 Å². The molecule has 0 spiro atoms. The molecule has 2 fully saturated rings. The minimum Gasteiger partial charge on any atom is -0.326 e. The molecule has 2 aliphatic rings. The smallest absolute Gasteiger partial charge is 0.264 e. The van der Waals surface area contributed by atoms with Crippen molar-refractivity contribution in [1.29, 1.82) is 0 Å². The summed E-state index contributed by atoms with van der Waals surface area (Å²) in [4.78, 5) is 23.9. The van der Waals surface area contributed by atoms with Crippen LogP contribution in [0.25, 0.3) is 0 Å². The fraction of sp³-hybridized carbons (Fsp3) is 0.529. The van der Waals surface area contributed by atoms with E-state index in [1.54, 1.807) is 12.1 Å². The highest BCUT2D eigenvalue weighted by Gasteiger charge is 2.35. The number of amides is 2. The first-order chi connectivity index (χ1) is 11.4. The molecule has 24 heavy (non-hydrogen) atoms. The van der Waals surface area contributed by atoms with Gasteiger partial charge in [0.05, 0.1) is 5.25 Å². The van der Waals surface area contributed by atoms with E-state index < -0.39 is 21.2 Å². The molecule has 1 aromatic carbocycles. The second-order valence-electron chi connectivity index (χ2n) is 6.76. The summed E-state index contributed by atoms with van der Waals surface area (Å²) >= 11 is 0. The molecule has 7 heteroatoms. The molecule has 2 N–H and O–H groups in total. The second kappa shape index (κ2) is 6.55. The van der Waals surface area contributed by atoms with E-state index in [0.29, 0.717) is 12.1 Å². The number of benzene rings is 1. The summed E-state index contributed by atoms with van der Waals surface area (Å²) in [5, 5.41) is 2.28. The van der Waals surface area contributed by atoms with Crippen LogP contribution in [-0.2, 0) is 14.8 Å². The van der Waals surface area contributed by atoms with E-state index in [1.165, 1.54) is 12.1 Å². The lowest BCUT2D eigenvalue weighted by Crippen LogP contribution is -2.39. The third-order valence-electron chi connectivity index (χ3n) is 4.78. The molecule has 2 unspecified atom stereocenters. The first-order valence-corrected chi connectivity index (χ1v) is 9.88. The van der Waals surface area contributed by atoms with Gasteiger partial charge in [0.15, 0.2) is 0 Å². The van der Waals surface area contributed by atoms with Gasteiger partial charge in [-0.05, 0) is 55.9 Å². The topological polar surface area (TPSA) is 92.3 Å². The van der Waals surface area contributed by atoms with Crippen LogP contribution in [0.4, 0.5) is 5.69 Å². The summed E-state index contributed by atoms with van der Waals surface area (Å²) in [6.45, 7) is 1.90. The fourth-order valence-corrected chi connectivity index (χ4v) is 4.88. The number of sulfonamides is 1. The van der Waals surface area contributed by atoms with Crippen LogP contribution < -0.4 is 10.0 Å². The number of rotatable bonds is 5. The highest BCUT2D eigenvalue weighted by molar-refractivity contribution is 7.90. The van der Waals surface area contributed by atoms with Gasteiger partial charge in [0.25, 0.3) is 5.91 Å². The van der Waals surface area contributed by atoms with Crippen LogP contribution in [0.2, 0.25) is 0 Å². The van der Waals surface area contributed by atoms with Crippen molar-refractivity contribution in [2.45, 2.75) is 44.3 Å². The summed E-state index contributed by atoms with van der Waals surface area (Å²) in [7, 11) is -3.66.